The summed E-state index contributed by atoms with van der Waals surface area (Å²) in [4.78, 5) is 13.9. The van der Waals surface area contributed by atoms with Gasteiger partial charge in [-0.15, -0.1) is 0 Å². The molecular weight excluding hydrogens is 318 g/mol. The van der Waals surface area contributed by atoms with Crippen molar-refractivity contribution in [1.29, 1.82) is 0 Å². The van der Waals surface area contributed by atoms with Crippen molar-refractivity contribution in [1.82, 2.24) is 4.90 Å². The number of hydrogen-bond acceptors (Lipinski definition) is 2. The van der Waals surface area contributed by atoms with Gasteiger partial charge in [0.1, 0.15) is 0 Å². The monoisotopic (exact) mass is 339 g/mol. The highest BCUT2D eigenvalue weighted by molar-refractivity contribution is 9.10. The Morgan fingerprint density at radius 2 is 1.90 bits per heavy atom. The van der Waals surface area contributed by atoms with Gasteiger partial charge in [0.2, 0.25) is 0 Å². The van der Waals surface area contributed by atoms with Gasteiger partial charge in [0.05, 0.1) is 5.41 Å². The minimum atomic E-state index is -0.629. The van der Waals surface area contributed by atoms with Crippen LogP contribution in [0.3, 0.4) is 0 Å². The SMILES string of the molecule is CCC1(C(=O)O)CCN(C(C)c2ccc(Br)cc2)CC1. The smallest absolute Gasteiger partial charge is 0.309 e. The molecule has 0 aromatic heterocycles. The Balaban J connectivity index is 2.03. The number of hydrogen-bond donors (Lipinski definition) is 1. The summed E-state index contributed by atoms with van der Waals surface area (Å²) in [5.41, 5.74) is 0.781. The van der Waals surface area contributed by atoms with Crippen molar-refractivity contribution in [2.24, 2.45) is 5.41 Å². The number of carboxylic acids is 1. The molecule has 0 spiro atoms. The van der Waals surface area contributed by atoms with E-state index in [1.54, 1.807) is 0 Å². The minimum Gasteiger partial charge on any atom is -0.481 e. The van der Waals surface area contributed by atoms with E-state index in [0.717, 1.165) is 36.8 Å². The van der Waals surface area contributed by atoms with E-state index >= 15 is 0 Å². The van der Waals surface area contributed by atoms with E-state index in [-0.39, 0.29) is 0 Å². The molecule has 20 heavy (non-hydrogen) atoms. The van der Waals surface area contributed by atoms with Crippen LogP contribution in [0.5, 0.6) is 0 Å². The second-order valence-electron chi connectivity index (χ2n) is 5.70. The Morgan fingerprint density at radius 1 is 1.35 bits per heavy atom. The summed E-state index contributed by atoms with van der Waals surface area (Å²) in [6.07, 6.45) is 2.22. The predicted octanol–water partition coefficient (Wildman–Crippen LogP) is 4.09. The lowest BCUT2D eigenvalue weighted by atomic mass is 9.76. The fourth-order valence-electron chi connectivity index (χ4n) is 3.01. The maximum Gasteiger partial charge on any atom is 0.309 e. The molecule has 1 N–H and O–H groups in total. The van der Waals surface area contributed by atoms with E-state index in [1.807, 2.05) is 6.92 Å². The molecule has 0 saturated carbocycles. The lowest BCUT2D eigenvalue weighted by molar-refractivity contribution is -0.152. The van der Waals surface area contributed by atoms with Gasteiger partial charge in [-0.25, -0.2) is 0 Å². The molecule has 0 amide bonds. The minimum absolute atomic E-state index is 0.340. The van der Waals surface area contributed by atoms with Gasteiger partial charge in [0, 0.05) is 10.5 Å². The van der Waals surface area contributed by atoms with Crippen molar-refractivity contribution >= 4 is 21.9 Å². The van der Waals surface area contributed by atoms with Crippen LogP contribution < -0.4 is 0 Å². The first-order valence-corrected chi connectivity index (χ1v) is 8.01. The Kier molecular flexibility index (Phi) is 4.86. The normalized spacial score (nSPS) is 20.6. The highest BCUT2D eigenvalue weighted by Gasteiger charge is 2.40. The number of benzene rings is 1. The quantitative estimate of drug-likeness (QED) is 0.898. The molecule has 0 bridgehead atoms. The molecule has 110 valence electrons. The highest BCUT2D eigenvalue weighted by Crippen LogP contribution is 2.37. The van der Waals surface area contributed by atoms with Gasteiger partial charge in [-0.2, -0.15) is 0 Å². The number of aliphatic carboxylic acids is 1. The first kappa shape index (κ1) is 15.5. The molecule has 1 fully saturated rings. The van der Waals surface area contributed by atoms with Crippen LogP contribution in [0.25, 0.3) is 0 Å². The molecular formula is C16H22BrNO2. The average molecular weight is 340 g/mol. The van der Waals surface area contributed by atoms with Gasteiger partial charge < -0.3 is 5.11 Å². The van der Waals surface area contributed by atoms with Gasteiger partial charge in [-0.3, -0.25) is 9.69 Å². The molecule has 1 heterocycles. The van der Waals surface area contributed by atoms with Crippen molar-refractivity contribution in [3.8, 4) is 0 Å². The summed E-state index contributed by atoms with van der Waals surface area (Å²) in [6, 6.07) is 8.72. The summed E-state index contributed by atoms with van der Waals surface area (Å²) in [7, 11) is 0. The van der Waals surface area contributed by atoms with Gasteiger partial charge in [0.25, 0.3) is 0 Å². The van der Waals surface area contributed by atoms with Crippen LogP contribution in [0.15, 0.2) is 28.7 Å². The highest BCUT2D eigenvalue weighted by atomic mass is 79.9. The zero-order valence-electron chi connectivity index (χ0n) is 12.1. The zero-order chi connectivity index (χ0) is 14.8. The second kappa shape index (κ2) is 6.27. The molecule has 4 heteroatoms. The third-order valence-corrected chi connectivity index (χ3v) is 5.31. The number of nitrogens with zero attached hydrogens (tertiary/aromatic N) is 1. The fraction of sp³-hybridized carbons (Fsp3) is 0.562. The summed E-state index contributed by atoms with van der Waals surface area (Å²) >= 11 is 3.45. The van der Waals surface area contributed by atoms with E-state index in [0.29, 0.717) is 6.04 Å². The molecule has 3 nitrogen and oxygen atoms in total. The van der Waals surface area contributed by atoms with Crippen molar-refractivity contribution in [3.63, 3.8) is 0 Å². The summed E-state index contributed by atoms with van der Waals surface area (Å²) in [6.45, 7) is 5.90. The van der Waals surface area contributed by atoms with Gasteiger partial charge in [0.15, 0.2) is 0 Å². The molecule has 1 aromatic carbocycles. The van der Waals surface area contributed by atoms with Gasteiger partial charge in [-0.05, 0) is 57.0 Å². The summed E-state index contributed by atoms with van der Waals surface area (Å²) < 4.78 is 1.09. The number of carbonyl (C=O) groups is 1. The van der Waals surface area contributed by atoms with E-state index in [9.17, 15) is 9.90 Å². The first-order chi connectivity index (χ1) is 9.48. The third-order valence-electron chi connectivity index (χ3n) is 4.79. The van der Waals surface area contributed by atoms with Crippen molar-refractivity contribution in [2.75, 3.05) is 13.1 Å². The number of rotatable bonds is 4. The predicted molar refractivity (Wildman–Crippen MR) is 83.7 cm³/mol. The van der Waals surface area contributed by atoms with Crippen molar-refractivity contribution in [3.05, 3.63) is 34.3 Å². The van der Waals surface area contributed by atoms with Crippen LogP contribution in [0.1, 0.15) is 44.7 Å². The number of halogens is 1. The van der Waals surface area contributed by atoms with Crippen LogP contribution in [0.2, 0.25) is 0 Å². The molecule has 0 aliphatic carbocycles. The van der Waals surface area contributed by atoms with Crippen LogP contribution in [0, 0.1) is 5.41 Å². The van der Waals surface area contributed by atoms with Crippen molar-refractivity contribution < 1.29 is 9.90 Å². The molecule has 1 unspecified atom stereocenters. The third kappa shape index (κ3) is 3.07. The molecule has 1 saturated heterocycles. The van der Waals surface area contributed by atoms with Crippen LogP contribution >= 0.6 is 15.9 Å². The standard InChI is InChI=1S/C16H22BrNO2/c1-3-16(15(19)20)8-10-18(11-9-16)12(2)13-4-6-14(17)7-5-13/h4-7,12H,3,8-11H2,1-2H3,(H,19,20). The van der Waals surface area contributed by atoms with E-state index in [2.05, 4.69) is 52.0 Å². The van der Waals surface area contributed by atoms with Crippen molar-refractivity contribution in [2.45, 2.75) is 39.2 Å². The molecule has 2 rings (SSSR count). The summed E-state index contributed by atoms with van der Waals surface area (Å²) in [5.74, 6) is -0.629. The maximum atomic E-state index is 11.5. The zero-order valence-corrected chi connectivity index (χ0v) is 13.7. The Morgan fingerprint density at radius 3 is 2.35 bits per heavy atom. The molecule has 1 aromatic rings. The van der Waals surface area contributed by atoms with E-state index in [1.165, 1.54) is 5.56 Å². The number of piperidine rings is 1. The second-order valence-corrected chi connectivity index (χ2v) is 6.62. The summed E-state index contributed by atoms with van der Waals surface area (Å²) in [5, 5.41) is 9.44. The Bertz CT molecular complexity index is 464. The van der Waals surface area contributed by atoms with Crippen LogP contribution in [0.4, 0.5) is 0 Å². The Labute approximate surface area is 129 Å². The molecule has 1 atom stereocenters. The van der Waals surface area contributed by atoms with Gasteiger partial charge >= 0.3 is 5.97 Å². The van der Waals surface area contributed by atoms with E-state index < -0.39 is 11.4 Å². The number of carboxylic acid groups (broad SMARTS) is 1. The van der Waals surface area contributed by atoms with E-state index in [4.69, 9.17) is 0 Å². The van der Waals surface area contributed by atoms with Crippen LogP contribution in [-0.4, -0.2) is 29.1 Å². The molecule has 1 aliphatic rings. The lowest BCUT2D eigenvalue weighted by Gasteiger charge is -2.41. The largest absolute Gasteiger partial charge is 0.481 e. The molecule has 1 aliphatic heterocycles. The topological polar surface area (TPSA) is 40.5 Å². The maximum absolute atomic E-state index is 11.5. The average Bonchev–Trinajstić information content (AvgIpc) is 2.47. The molecule has 0 radical (unpaired) electrons. The van der Waals surface area contributed by atoms with Gasteiger partial charge in [-0.1, -0.05) is 35.0 Å². The Hall–Kier alpha value is -0.870. The number of likely N-dealkylation sites (tertiary alicyclic amines) is 1. The first-order valence-electron chi connectivity index (χ1n) is 7.21. The van der Waals surface area contributed by atoms with Crippen LogP contribution in [-0.2, 0) is 4.79 Å². The fourth-order valence-corrected chi connectivity index (χ4v) is 3.27. The lowest BCUT2D eigenvalue weighted by Crippen LogP contribution is -2.44.